The summed E-state index contributed by atoms with van der Waals surface area (Å²) in [6, 6.07) is 14.5. The molecule has 5 nitrogen and oxygen atoms in total. The molecule has 3 heterocycles. The number of likely N-dealkylation sites (N-methyl/N-ethyl adjacent to an activating group) is 1. The summed E-state index contributed by atoms with van der Waals surface area (Å²) < 4.78 is 1.90. The predicted octanol–water partition coefficient (Wildman–Crippen LogP) is 3.12. The van der Waals surface area contributed by atoms with Crippen LogP contribution in [0, 0.1) is 16.7 Å². The van der Waals surface area contributed by atoms with Crippen LogP contribution in [0.5, 0.6) is 0 Å². The number of carbonyl (C=O) groups excluding carboxylic acids is 1. The number of hydrogen-bond donors (Lipinski definition) is 0. The molecular formula is C23H28N4O. The number of nitriles is 1. The van der Waals surface area contributed by atoms with Gasteiger partial charge in [-0.3, -0.25) is 9.69 Å². The first kappa shape index (κ1) is 18.8. The molecule has 0 N–H and O–H groups in total. The van der Waals surface area contributed by atoms with Crippen molar-refractivity contribution < 1.29 is 4.79 Å². The van der Waals surface area contributed by atoms with E-state index in [1.165, 1.54) is 5.56 Å². The lowest BCUT2D eigenvalue weighted by atomic mass is 9.67. The van der Waals surface area contributed by atoms with Crippen molar-refractivity contribution in [2.24, 2.45) is 12.5 Å². The number of aromatic nitrogens is 1. The van der Waals surface area contributed by atoms with E-state index in [2.05, 4.69) is 29.3 Å². The van der Waals surface area contributed by atoms with Gasteiger partial charge in [-0.15, -0.1) is 0 Å². The van der Waals surface area contributed by atoms with Crippen molar-refractivity contribution in [2.45, 2.75) is 31.7 Å². The van der Waals surface area contributed by atoms with Crippen molar-refractivity contribution in [1.82, 2.24) is 14.4 Å². The van der Waals surface area contributed by atoms with Gasteiger partial charge in [0.2, 0.25) is 5.91 Å². The van der Waals surface area contributed by atoms with Crippen LogP contribution < -0.4 is 0 Å². The SMILES string of the molecule is CN1CC2(CCN(Cc3cc(C#N)n(C)c3)CC2)C[C@H](c2ccccc2)C1=O. The summed E-state index contributed by atoms with van der Waals surface area (Å²) in [5.41, 5.74) is 3.28. The summed E-state index contributed by atoms with van der Waals surface area (Å²) >= 11 is 0. The summed E-state index contributed by atoms with van der Waals surface area (Å²) in [4.78, 5) is 17.2. The number of benzene rings is 1. The average Bonchev–Trinajstić information content (AvgIpc) is 3.06. The van der Waals surface area contributed by atoms with E-state index < -0.39 is 0 Å². The molecule has 2 aliphatic heterocycles. The van der Waals surface area contributed by atoms with Crippen LogP contribution in [0.25, 0.3) is 0 Å². The highest BCUT2D eigenvalue weighted by molar-refractivity contribution is 5.84. The smallest absolute Gasteiger partial charge is 0.229 e. The van der Waals surface area contributed by atoms with E-state index in [0.717, 1.165) is 51.0 Å². The second-order valence-electron chi connectivity index (χ2n) is 8.59. The van der Waals surface area contributed by atoms with Crippen molar-refractivity contribution in [3.05, 3.63) is 59.4 Å². The molecule has 0 saturated carbocycles. The fourth-order valence-electron chi connectivity index (χ4n) is 5.01. The standard InChI is InChI=1S/C23H28N4O/c1-25-15-18(12-20(25)14-24)16-27-10-8-23(9-11-27)13-21(22(28)26(2)17-23)19-6-4-3-5-7-19/h3-7,12,15,21H,8-11,13,16-17H2,1-2H3/t21-/m1/s1. The van der Waals surface area contributed by atoms with Crippen LogP contribution in [-0.4, -0.2) is 47.0 Å². The lowest BCUT2D eigenvalue weighted by Crippen LogP contribution is -2.52. The Balaban J connectivity index is 1.44. The summed E-state index contributed by atoms with van der Waals surface area (Å²) in [5, 5.41) is 9.15. The molecule has 2 fully saturated rings. The topological polar surface area (TPSA) is 52.3 Å². The number of carbonyl (C=O) groups is 1. The van der Waals surface area contributed by atoms with Gasteiger partial charge in [-0.25, -0.2) is 0 Å². The van der Waals surface area contributed by atoms with Gasteiger partial charge in [-0.2, -0.15) is 5.26 Å². The zero-order valence-corrected chi connectivity index (χ0v) is 16.8. The van der Waals surface area contributed by atoms with E-state index in [9.17, 15) is 4.79 Å². The maximum atomic E-state index is 12.8. The molecule has 2 saturated heterocycles. The normalized spacial score (nSPS) is 22.4. The Bertz CT molecular complexity index is 887. The Morgan fingerprint density at radius 2 is 1.89 bits per heavy atom. The number of aryl methyl sites for hydroxylation is 1. The van der Waals surface area contributed by atoms with E-state index in [4.69, 9.17) is 5.26 Å². The third-order valence-corrected chi connectivity index (χ3v) is 6.59. The summed E-state index contributed by atoms with van der Waals surface area (Å²) in [7, 11) is 3.88. The highest BCUT2D eigenvalue weighted by Gasteiger charge is 2.44. The molecule has 1 amide bonds. The van der Waals surface area contributed by atoms with Gasteiger partial charge in [0.25, 0.3) is 0 Å². The van der Waals surface area contributed by atoms with Gasteiger partial charge in [-0.05, 0) is 55.0 Å². The lowest BCUT2D eigenvalue weighted by molar-refractivity contribution is -0.139. The van der Waals surface area contributed by atoms with E-state index >= 15 is 0 Å². The molecule has 4 rings (SSSR count). The van der Waals surface area contributed by atoms with Crippen LogP contribution in [-0.2, 0) is 18.4 Å². The van der Waals surface area contributed by atoms with Gasteiger partial charge < -0.3 is 9.47 Å². The summed E-state index contributed by atoms with van der Waals surface area (Å²) in [6.45, 7) is 3.84. The Hall–Kier alpha value is -2.58. The van der Waals surface area contributed by atoms with Crippen LogP contribution in [0.2, 0.25) is 0 Å². The lowest BCUT2D eigenvalue weighted by Gasteiger charge is -2.49. The molecule has 0 bridgehead atoms. The van der Waals surface area contributed by atoms with Gasteiger partial charge in [0.1, 0.15) is 11.8 Å². The number of amides is 1. The van der Waals surface area contributed by atoms with Crippen LogP contribution >= 0.6 is 0 Å². The highest BCUT2D eigenvalue weighted by atomic mass is 16.2. The van der Waals surface area contributed by atoms with E-state index in [-0.39, 0.29) is 17.2 Å². The van der Waals surface area contributed by atoms with Gasteiger partial charge in [-0.1, -0.05) is 30.3 Å². The minimum atomic E-state index is -0.0150. The maximum Gasteiger partial charge on any atom is 0.229 e. The minimum absolute atomic E-state index is 0.0150. The first-order valence-corrected chi connectivity index (χ1v) is 10.1. The highest BCUT2D eigenvalue weighted by Crippen LogP contribution is 2.45. The van der Waals surface area contributed by atoms with Gasteiger partial charge >= 0.3 is 0 Å². The molecular weight excluding hydrogens is 348 g/mol. The molecule has 0 aliphatic carbocycles. The largest absolute Gasteiger partial charge is 0.345 e. The van der Waals surface area contributed by atoms with Crippen LogP contribution in [0.3, 0.4) is 0 Å². The first-order chi connectivity index (χ1) is 13.5. The molecule has 2 aromatic rings. The molecule has 0 unspecified atom stereocenters. The molecule has 1 aromatic heterocycles. The van der Waals surface area contributed by atoms with E-state index in [1.54, 1.807) is 0 Å². The Morgan fingerprint density at radius 3 is 2.54 bits per heavy atom. The van der Waals surface area contributed by atoms with Crippen molar-refractivity contribution in [1.29, 1.82) is 5.26 Å². The summed E-state index contributed by atoms with van der Waals surface area (Å²) in [5.74, 6) is 0.242. The molecule has 1 atom stereocenters. The number of likely N-dealkylation sites (tertiary alicyclic amines) is 2. The van der Waals surface area contributed by atoms with Gasteiger partial charge in [0, 0.05) is 33.4 Å². The third kappa shape index (κ3) is 3.57. The van der Waals surface area contributed by atoms with E-state index in [0.29, 0.717) is 5.69 Å². The Morgan fingerprint density at radius 1 is 1.18 bits per heavy atom. The van der Waals surface area contributed by atoms with Crippen molar-refractivity contribution in [2.75, 3.05) is 26.7 Å². The third-order valence-electron chi connectivity index (χ3n) is 6.59. The quantitative estimate of drug-likeness (QED) is 0.827. The number of rotatable bonds is 3. The van der Waals surface area contributed by atoms with Crippen LogP contribution in [0.4, 0.5) is 0 Å². The predicted molar refractivity (Wildman–Crippen MR) is 109 cm³/mol. The van der Waals surface area contributed by atoms with Crippen LogP contribution in [0.1, 0.15) is 42.0 Å². The van der Waals surface area contributed by atoms with Gasteiger partial charge in [0.15, 0.2) is 0 Å². The monoisotopic (exact) mass is 376 g/mol. The van der Waals surface area contributed by atoms with Crippen molar-refractivity contribution in [3.63, 3.8) is 0 Å². The molecule has 28 heavy (non-hydrogen) atoms. The minimum Gasteiger partial charge on any atom is -0.345 e. The maximum absolute atomic E-state index is 12.8. The van der Waals surface area contributed by atoms with Crippen molar-refractivity contribution >= 4 is 5.91 Å². The zero-order chi connectivity index (χ0) is 19.7. The number of piperidine rings is 2. The van der Waals surface area contributed by atoms with Crippen molar-refractivity contribution in [3.8, 4) is 6.07 Å². The number of hydrogen-bond acceptors (Lipinski definition) is 3. The molecule has 1 aromatic carbocycles. The Labute approximate surface area is 167 Å². The molecule has 5 heteroatoms. The zero-order valence-electron chi connectivity index (χ0n) is 16.8. The molecule has 2 aliphatic rings. The molecule has 1 spiro atoms. The fourth-order valence-corrected chi connectivity index (χ4v) is 5.01. The van der Waals surface area contributed by atoms with Crippen LogP contribution in [0.15, 0.2) is 42.6 Å². The summed E-state index contributed by atoms with van der Waals surface area (Å²) in [6.07, 6.45) is 5.25. The molecule has 146 valence electrons. The average molecular weight is 377 g/mol. The number of nitrogens with zero attached hydrogens (tertiary/aromatic N) is 4. The first-order valence-electron chi connectivity index (χ1n) is 10.1. The second kappa shape index (κ2) is 7.44. The second-order valence-corrected chi connectivity index (χ2v) is 8.59. The Kier molecular flexibility index (Phi) is 4.99. The molecule has 0 radical (unpaired) electrons. The fraction of sp³-hybridized carbons (Fsp3) is 0.478. The van der Waals surface area contributed by atoms with Gasteiger partial charge in [0.05, 0.1) is 5.92 Å². The van der Waals surface area contributed by atoms with E-state index in [1.807, 2.05) is 47.8 Å².